The van der Waals surface area contributed by atoms with E-state index in [0.29, 0.717) is 36.9 Å². The largest absolute Gasteiger partial charge is 0.497 e. The van der Waals surface area contributed by atoms with E-state index in [2.05, 4.69) is 0 Å². The van der Waals surface area contributed by atoms with Gasteiger partial charge < -0.3 is 9.47 Å². The first kappa shape index (κ1) is 25.1. The molecule has 2 aliphatic heterocycles. The predicted molar refractivity (Wildman–Crippen MR) is 140 cm³/mol. The molecule has 2 aromatic carbocycles. The van der Waals surface area contributed by atoms with E-state index < -0.39 is 10.0 Å². The van der Waals surface area contributed by atoms with Crippen LogP contribution in [0.2, 0.25) is 0 Å². The Morgan fingerprint density at radius 3 is 2.53 bits per heavy atom. The van der Waals surface area contributed by atoms with Gasteiger partial charge in [0, 0.05) is 25.3 Å². The van der Waals surface area contributed by atoms with Gasteiger partial charge in [-0.25, -0.2) is 13.4 Å². The monoisotopic (exact) mass is 529 g/mol. The zero-order valence-electron chi connectivity index (χ0n) is 20.4. The van der Waals surface area contributed by atoms with Crippen molar-refractivity contribution in [2.75, 3.05) is 38.3 Å². The van der Waals surface area contributed by atoms with Crippen molar-refractivity contribution in [3.63, 3.8) is 0 Å². The molecule has 3 aromatic rings. The van der Waals surface area contributed by atoms with E-state index in [9.17, 15) is 13.2 Å². The van der Waals surface area contributed by atoms with Crippen molar-refractivity contribution in [1.29, 1.82) is 0 Å². The molecule has 1 unspecified atom stereocenters. The number of hydrogen-bond acceptors (Lipinski definition) is 7. The Hall–Kier alpha value is -2.53. The molecule has 0 spiro atoms. The van der Waals surface area contributed by atoms with E-state index in [1.54, 1.807) is 40.6 Å². The molecule has 0 N–H and O–H groups in total. The van der Waals surface area contributed by atoms with E-state index >= 15 is 0 Å². The summed E-state index contributed by atoms with van der Waals surface area (Å²) in [6.07, 6.45) is 5.65. The summed E-state index contributed by atoms with van der Waals surface area (Å²) in [5.41, 5.74) is 1.21. The second-order valence-electron chi connectivity index (χ2n) is 9.22. The molecule has 36 heavy (non-hydrogen) atoms. The molecule has 2 fully saturated rings. The average Bonchev–Trinajstić information content (AvgIpc) is 3.48. The maximum absolute atomic E-state index is 13.7. The van der Waals surface area contributed by atoms with Crippen LogP contribution in [0.5, 0.6) is 5.75 Å². The fourth-order valence-electron chi connectivity index (χ4n) is 4.73. The summed E-state index contributed by atoms with van der Waals surface area (Å²) >= 11 is 1.43. The lowest BCUT2D eigenvalue weighted by Gasteiger charge is -2.23. The molecule has 192 valence electrons. The maximum Gasteiger partial charge on any atom is 0.260 e. The highest BCUT2D eigenvalue weighted by Gasteiger charge is 2.29. The topological polar surface area (TPSA) is 89.0 Å². The number of fused-ring (bicyclic) bond motifs is 1. The van der Waals surface area contributed by atoms with Crippen LogP contribution in [0.1, 0.15) is 48.9 Å². The number of amides is 1. The molecule has 8 nitrogen and oxygen atoms in total. The Morgan fingerprint density at radius 2 is 1.86 bits per heavy atom. The van der Waals surface area contributed by atoms with Crippen molar-refractivity contribution >= 4 is 42.6 Å². The zero-order chi connectivity index (χ0) is 25.1. The first-order valence-electron chi connectivity index (χ1n) is 12.4. The van der Waals surface area contributed by atoms with Crippen molar-refractivity contribution in [2.24, 2.45) is 0 Å². The molecule has 10 heteroatoms. The Labute approximate surface area is 215 Å². The third-order valence-corrected chi connectivity index (χ3v) is 9.73. The van der Waals surface area contributed by atoms with Gasteiger partial charge in [-0.3, -0.25) is 9.69 Å². The number of nitrogens with zero attached hydrogens (tertiary/aromatic N) is 3. The molecule has 3 heterocycles. The van der Waals surface area contributed by atoms with Gasteiger partial charge in [-0.05, 0) is 68.1 Å². The summed E-state index contributed by atoms with van der Waals surface area (Å²) < 4.78 is 39.9. The number of sulfonamides is 1. The molecule has 5 rings (SSSR count). The lowest BCUT2D eigenvalue weighted by molar-refractivity contribution is 0.0917. The first-order chi connectivity index (χ1) is 17.5. The van der Waals surface area contributed by atoms with Gasteiger partial charge in [-0.1, -0.05) is 24.2 Å². The second-order valence-corrected chi connectivity index (χ2v) is 12.2. The summed E-state index contributed by atoms with van der Waals surface area (Å²) in [5, 5.41) is 0.583. The second kappa shape index (κ2) is 10.8. The van der Waals surface area contributed by atoms with Gasteiger partial charge in [0.15, 0.2) is 5.13 Å². The van der Waals surface area contributed by atoms with Crippen LogP contribution in [0.15, 0.2) is 47.4 Å². The van der Waals surface area contributed by atoms with Crippen LogP contribution in [0.4, 0.5) is 5.13 Å². The van der Waals surface area contributed by atoms with Crippen molar-refractivity contribution in [3.05, 3.63) is 48.0 Å². The molecule has 0 aliphatic carbocycles. The van der Waals surface area contributed by atoms with E-state index in [0.717, 1.165) is 54.5 Å². The van der Waals surface area contributed by atoms with Crippen molar-refractivity contribution in [2.45, 2.75) is 49.5 Å². The molecule has 0 bridgehead atoms. The molecule has 0 saturated carbocycles. The maximum atomic E-state index is 13.7. The standard InChI is InChI=1S/C26H31N3O5S2/c1-33-20-10-13-23-24(17-20)35-26(27-23)29(18-21-7-6-16-34-21)25(30)19-8-11-22(12-9-19)36(31,32)28-14-4-2-3-5-15-28/h8-13,17,21H,2-7,14-16,18H2,1H3. The van der Waals surface area contributed by atoms with Gasteiger partial charge >= 0.3 is 0 Å². The lowest BCUT2D eigenvalue weighted by atomic mass is 10.2. The van der Waals surface area contributed by atoms with Crippen molar-refractivity contribution in [3.8, 4) is 5.75 Å². The number of carbonyl (C=O) groups excluding carboxylic acids is 1. The summed E-state index contributed by atoms with van der Waals surface area (Å²) in [7, 11) is -1.96. The van der Waals surface area contributed by atoms with Crippen LogP contribution >= 0.6 is 11.3 Å². The number of anilines is 1. The molecule has 1 amide bonds. The van der Waals surface area contributed by atoms with E-state index in [1.165, 1.54) is 11.3 Å². The van der Waals surface area contributed by atoms with Crippen LogP contribution in [0.25, 0.3) is 10.2 Å². The van der Waals surface area contributed by atoms with Crippen LogP contribution < -0.4 is 9.64 Å². The van der Waals surface area contributed by atoms with Gasteiger partial charge in [0.25, 0.3) is 5.91 Å². The van der Waals surface area contributed by atoms with Crippen LogP contribution in [-0.4, -0.2) is 63.1 Å². The quantitative estimate of drug-likeness (QED) is 0.441. The number of ether oxygens (including phenoxy) is 2. The number of thiazole rings is 1. The van der Waals surface area contributed by atoms with Crippen molar-refractivity contribution in [1.82, 2.24) is 9.29 Å². The Kier molecular flexibility index (Phi) is 7.57. The molecule has 1 atom stereocenters. The summed E-state index contributed by atoms with van der Waals surface area (Å²) in [6, 6.07) is 11.9. The van der Waals surface area contributed by atoms with E-state index in [1.807, 2.05) is 18.2 Å². The summed E-state index contributed by atoms with van der Waals surface area (Å²) in [4.78, 5) is 20.3. The number of carbonyl (C=O) groups is 1. The molecular formula is C26H31N3O5S2. The molecule has 2 saturated heterocycles. The Morgan fingerprint density at radius 1 is 1.11 bits per heavy atom. The number of hydrogen-bond donors (Lipinski definition) is 0. The minimum absolute atomic E-state index is 0.0572. The third-order valence-electron chi connectivity index (χ3n) is 6.77. The first-order valence-corrected chi connectivity index (χ1v) is 14.7. The van der Waals surface area contributed by atoms with Gasteiger partial charge in [0.1, 0.15) is 5.75 Å². The highest BCUT2D eigenvalue weighted by Crippen LogP contribution is 2.33. The molecule has 2 aliphatic rings. The van der Waals surface area contributed by atoms with E-state index in [4.69, 9.17) is 14.5 Å². The minimum atomic E-state index is -3.58. The van der Waals surface area contributed by atoms with Crippen LogP contribution in [0.3, 0.4) is 0 Å². The predicted octanol–water partition coefficient (Wildman–Crippen LogP) is 4.70. The SMILES string of the molecule is COc1ccc2nc(N(CC3CCCO3)C(=O)c3ccc(S(=O)(=O)N4CCCCCC4)cc3)sc2c1. The summed E-state index contributed by atoms with van der Waals surface area (Å²) in [6.45, 7) is 2.16. The number of methoxy groups -OCH3 is 1. The zero-order valence-corrected chi connectivity index (χ0v) is 22.0. The summed E-state index contributed by atoms with van der Waals surface area (Å²) in [5.74, 6) is 0.506. The smallest absolute Gasteiger partial charge is 0.260 e. The van der Waals surface area contributed by atoms with Gasteiger partial charge in [-0.15, -0.1) is 0 Å². The van der Waals surface area contributed by atoms with Gasteiger partial charge in [0.05, 0.1) is 34.9 Å². The Bertz CT molecular complexity index is 1310. The van der Waals surface area contributed by atoms with Crippen LogP contribution in [-0.2, 0) is 14.8 Å². The van der Waals surface area contributed by atoms with Crippen molar-refractivity contribution < 1.29 is 22.7 Å². The fraction of sp³-hybridized carbons (Fsp3) is 0.462. The highest BCUT2D eigenvalue weighted by molar-refractivity contribution is 7.89. The van der Waals surface area contributed by atoms with E-state index in [-0.39, 0.29) is 16.9 Å². The molecule has 0 radical (unpaired) electrons. The lowest BCUT2D eigenvalue weighted by Crippen LogP contribution is -2.37. The average molecular weight is 530 g/mol. The normalized spacial score (nSPS) is 19.3. The molecule has 1 aromatic heterocycles. The molecular weight excluding hydrogens is 498 g/mol. The van der Waals surface area contributed by atoms with Gasteiger partial charge in [0.2, 0.25) is 10.0 Å². The fourth-order valence-corrected chi connectivity index (χ4v) is 7.25. The number of benzene rings is 2. The third kappa shape index (κ3) is 5.27. The Balaban J connectivity index is 1.42. The van der Waals surface area contributed by atoms with Crippen LogP contribution in [0, 0.1) is 0 Å². The number of aromatic nitrogens is 1. The minimum Gasteiger partial charge on any atom is -0.497 e. The highest BCUT2D eigenvalue weighted by atomic mass is 32.2. The number of rotatable bonds is 7. The van der Waals surface area contributed by atoms with Gasteiger partial charge in [-0.2, -0.15) is 4.31 Å².